The third-order valence-electron chi connectivity index (χ3n) is 5.71. The lowest BCUT2D eigenvalue weighted by atomic mass is 10.1. The zero-order valence-corrected chi connectivity index (χ0v) is 20.5. The second-order valence-corrected chi connectivity index (χ2v) is 11.8. The largest absolute Gasteiger partial charge is 0.295 e. The predicted octanol–water partition coefficient (Wildman–Crippen LogP) is 5.24. The molecule has 0 amide bonds. The zero-order valence-electron chi connectivity index (χ0n) is 18.9. The number of fused-ring (bicyclic) bond motifs is 1. The van der Waals surface area contributed by atoms with Gasteiger partial charge in [-0.1, -0.05) is 54.6 Å². The van der Waals surface area contributed by atoms with Crippen LogP contribution in [0.4, 0.5) is 5.69 Å². The molecule has 4 aromatic carbocycles. The summed E-state index contributed by atoms with van der Waals surface area (Å²) in [5.41, 5.74) is 1.77. The maximum Gasteiger partial charge on any atom is 0.277 e. The Morgan fingerprint density at radius 3 is 1.97 bits per heavy atom. The Morgan fingerprint density at radius 2 is 1.29 bits per heavy atom. The molecule has 0 radical (unpaired) electrons. The lowest BCUT2D eigenvalue weighted by Crippen LogP contribution is -2.37. The SMILES string of the molecule is CC(=O)c1cccc(S(=O)(=O)N(c2cccc3ccccc23)S(=O)(=O)c2ccc(C)c(C)c2)c1. The van der Waals surface area contributed by atoms with Gasteiger partial charge < -0.3 is 0 Å². The van der Waals surface area contributed by atoms with Gasteiger partial charge in [-0.15, -0.1) is 0 Å². The molecule has 174 valence electrons. The number of rotatable bonds is 6. The molecular formula is C26H23NO5S2. The summed E-state index contributed by atoms with van der Waals surface area (Å²) in [5.74, 6) is -0.328. The Hall–Kier alpha value is -3.49. The van der Waals surface area contributed by atoms with E-state index in [1.54, 1.807) is 49.4 Å². The summed E-state index contributed by atoms with van der Waals surface area (Å²) in [6.07, 6.45) is 0. The van der Waals surface area contributed by atoms with Crippen molar-refractivity contribution in [1.82, 2.24) is 0 Å². The lowest BCUT2D eigenvalue weighted by molar-refractivity contribution is 0.101. The average molecular weight is 494 g/mol. The summed E-state index contributed by atoms with van der Waals surface area (Å²) >= 11 is 0. The number of hydrogen-bond donors (Lipinski definition) is 0. The van der Waals surface area contributed by atoms with Crippen molar-refractivity contribution in [3.05, 3.63) is 102 Å². The van der Waals surface area contributed by atoms with E-state index in [9.17, 15) is 21.6 Å². The first-order chi connectivity index (χ1) is 16.0. The summed E-state index contributed by atoms with van der Waals surface area (Å²) in [4.78, 5) is 11.5. The molecule has 0 saturated heterocycles. The Labute approximate surface area is 199 Å². The Kier molecular flexibility index (Phi) is 6.05. The standard InChI is InChI=1S/C26H23NO5S2/c1-18-14-15-24(16-19(18)2)34(31,32)27(26-13-7-9-21-8-4-5-12-25(21)26)33(29,30)23-11-6-10-22(17-23)20(3)28/h4-17H,1-3H3. The highest BCUT2D eigenvalue weighted by atomic mass is 32.3. The minimum Gasteiger partial charge on any atom is -0.295 e. The minimum absolute atomic E-state index is 0.00422. The molecule has 0 unspecified atom stereocenters. The number of benzene rings is 4. The van der Waals surface area contributed by atoms with E-state index in [1.807, 2.05) is 6.92 Å². The third-order valence-corrected chi connectivity index (χ3v) is 9.86. The number of anilines is 1. The van der Waals surface area contributed by atoms with Crippen LogP contribution in [-0.2, 0) is 20.0 Å². The second kappa shape index (κ2) is 8.70. The summed E-state index contributed by atoms with van der Waals surface area (Å²) in [7, 11) is -9.20. The number of aryl methyl sites for hydroxylation is 2. The minimum atomic E-state index is -4.64. The third kappa shape index (κ3) is 4.10. The van der Waals surface area contributed by atoms with Crippen molar-refractivity contribution < 1.29 is 21.6 Å². The number of carbonyl (C=O) groups is 1. The first-order valence-corrected chi connectivity index (χ1v) is 13.4. The highest BCUT2D eigenvalue weighted by molar-refractivity contribution is 8.10. The number of nitrogens with zero attached hydrogens (tertiary/aromatic N) is 1. The van der Waals surface area contributed by atoms with Crippen LogP contribution in [0.5, 0.6) is 0 Å². The van der Waals surface area contributed by atoms with Crippen LogP contribution < -0.4 is 3.71 Å². The van der Waals surface area contributed by atoms with Gasteiger partial charge in [-0.2, -0.15) is 3.71 Å². The molecule has 0 aliphatic rings. The molecule has 0 N–H and O–H groups in total. The molecule has 4 rings (SSSR count). The molecule has 0 bridgehead atoms. The van der Waals surface area contributed by atoms with Gasteiger partial charge in [0.2, 0.25) is 0 Å². The monoisotopic (exact) mass is 493 g/mol. The molecule has 34 heavy (non-hydrogen) atoms. The molecule has 0 aliphatic heterocycles. The van der Waals surface area contributed by atoms with E-state index < -0.39 is 20.0 Å². The van der Waals surface area contributed by atoms with Gasteiger partial charge in [0.25, 0.3) is 20.0 Å². The van der Waals surface area contributed by atoms with Crippen molar-refractivity contribution in [3.63, 3.8) is 0 Å². The van der Waals surface area contributed by atoms with Gasteiger partial charge in [0, 0.05) is 10.9 Å². The number of Topliss-reactive ketones (excluding diaryl/α,β-unsaturated/α-hetero) is 1. The van der Waals surface area contributed by atoms with Crippen molar-refractivity contribution in [2.45, 2.75) is 30.6 Å². The number of hydrogen-bond acceptors (Lipinski definition) is 5. The fourth-order valence-corrected chi connectivity index (χ4v) is 7.56. The van der Waals surface area contributed by atoms with Crippen LogP contribution in [0.15, 0.2) is 94.7 Å². The summed E-state index contributed by atoms with van der Waals surface area (Å²) < 4.78 is 56.3. The van der Waals surface area contributed by atoms with E-state index in [-0.39, 0.29) is 26.8 Å². The Balaban J connectivity index is 2.06. The molecule has 0 aromatic heterocycles. The number of ketones is 1. The van der Waals surface area contributed by atoms with Gasteiger partial charge in [-0.25, -0.2) is 16.8 Å². The summed E-state index contributed by atoms with van der Waals surface area (Å²) in [6, 6.07) is 21.7. The fourth-order valence-electron chi connectivity index (χ4n) is 3.70. The molecule has 0 heterocycles. The van der Waals surface area contributed by atoms with Crippen LogP contribution in [0.2, 0.25) is 0 Å². The van der Waals surface area contributed by atoms with Crippen molar-refractivity contribution in [2.75, 3.05) is 3.71 Å². The van der Waals surface area contributed by atoms with Crippen LogP contribution in [0.3, 0.4) is 0 Å². The summed E-state index contributed by atoms with van der Waals surface area (Å²) in [5, 5.41) is 1.15. The molecule has 8 heteroatoms. The van der Waals surface area contributed by atoms with Gasteiger partial charge >= 0.3 is 0 Å². The second-order valence-electron chi connectivity index (χ2n) is 8.04. The van der Waals surface area contributed by atoms with E-state index in [4.69, 9.17) is 0 Å². The maximum atomic E-state index is 14.0. The molecular weight excluding hydrogens is 470 g/mol. The van der Waals surface area contributed by atoms with Crippen molar-refractivity contribution in [3.8, 4) is 0 Å². The number of sulfonamides is 2. The molecule has 6 nitrogen and oxygen atoms in total. The fraction of sp³-hybridized carbons (Fsp3) is 0.115. The van der Waals surface area contributed by atoms with Crippen molar-refractivity contribution in [1.29, 1.82) is 0 Å². The van der Waals surface area contributed by atoms with Crippen LogP contribution >= 0.6 is 0 Å². The van der Waals surface area contributed by atoms with Gasteiger partial charge in [0.05, 0.1) is 15.5 Å². The molecule has 0 atom stereocenters. The van der Waals surface area contributed by atoms with E-state index in [0.717, 1.165) is 11.1 Å². The Bertz CT molecular complexity index is 1640. The van der Waals surface area contributed by atoms with E-state index in [1.165, 1.54) is 49.4 Å². The van der Waals surface area contributed by atoms with Crippen LogP contribution in [0.25, 0.3) is 10.8 Å². The lowest BCUT2D eigenvalue weighted by Gasteiger charge is -2.26. The van der Waals surface area contributed by atoms with Crippen LogP contribution in [-0.4, -0.2) is 22.6 Å². The normalized spacial score (nSPS) is 12.0. The van der Waals surface area contributed by atoms with Crippen molar-refractivity contribution in [2.24, 2.45) is 0 Å². The van der Waals surface area contributed by atoms with Gasteiger partial charge in [0.15, 0.2) is 5.78 Å². The van der Waals surface area contributed by atoms with E-state index >= 15 is 0 Å². The van der Waals surface area contributed by atoms with Crippen molar-refractivity contribution >= 4 is 42.3 Å². The quantitative estimate of drug-likeness (QED) is 0.343. The molecule has 0 aliphatic carbocycles. The van der Waals surface area contributed by atoms with Gasteiger partial charge in [-0.05, 0) is 67.6 Å². The van der Waals surface area contributed by atoms with E-state index in [2.05, 4.69) is 0 Å². The number of carbonyl (C=O) groups excluding carboxylic acids is 1. The topological polar surface area (TPSA) is 88.6 Å². The highest BCUT2D eigenvalue weighted by Gasteiger charge is 2.38. The molecule has 0 spiro atoms. The molecule has 0 saturated carbocycles. The maximum absolute atomic E-state index is 14.0. The zero-order chi connectivity index (χ0) is 24.7. The van der Waals surface area contributed by atoms with E-state index in [0.29, 0.717) is 14.5 Å². The first-order valence-electron chi connectivity index (χ1n) is 10.5. The predicted molar refractivity (Wildman–Crippen MR) is 133 cm³/mol. The highest BCUT2D eigenvalue weighted by Crippen LogP contribution is 2.36. The van der Waals surface area contributed by atoms with Crippen LogP contribution in [0.1, 0.15) is 28.4 Å². The van der Waals surface area contributed by atoms with Gasteiger partial charge in [0.1, 0.15) is 0 Å². The van der Waals surface area contributed by atoms with Crippen LogP contribution in [0, 0.1) is 13.8 Å². The smallest absolute Gasteiger partial charge is 0.277 e. The first kappa shape index (κ1) is 23.7. The summed E-state index contributed by atoms with van der Waals surface area (Å²) in [6.45, 7) is 4.93. The average Bonchev–Trinajstić information content (AvgIpc) is 2.81. The molecule has 0 fully saturated rings. The molecule has 4 aromatic rings. The van der Waals surface area contributed by atoms with Gasteiger partial charge in [-0.3, -0.25) is 4.79 Å². The Morgan fingerprint density at radius 1 is 0.676 bits per heavy atom.